The van der Waals surface area contributed by atoms with E-state index in [1.165, 1.54) is 0 Å². The van der Waals surface area contributed by atoms with Gasteiger partial charge < -0.3 is 15.4 Å². The molecule has 5 nitrogen and oxygen atoms in total. The van der Waals surface area contributed by atoms with Crippen LogP contribution < -0.4 is 5.73 Å². The number of rotatable bonds is 4. The molecule has 1 aliphatic rings. The minimum Gasteiger partial charge on any atom is -0.383 e. The van der Waals surface area contributed by atoms with Crippen LogP contribution in [0.25, 0.3) is 0 Å². The molecular weight excluding hydrogens is 170 g/mol. The first-order chi connectivity index (χ1) is 6.31. The maximum absolute atomic E-state index is 9.46. The van der Waals surface area contributed by atoms with Gasteiger partial charge in [0.05, 0.1) is 0 Å². The Bertz CT molecular complexity index is 283. The summed E-state index contributed by atoms with van der Waals surface area (Å²) >= 11 is 0. The maximum atomic E-state index is 9.46. The van der Waals surface area contributed by atoms with Crippen LogP contribution in [0.15, 0.2) is 4.52 Å². The first kappa shape index (κ1) is 8.65. The van der Waals surface area contributed by atoms with Crippen LogP contribution in [-0.4, -0.2) is 21.8 Å². The summed E-state index contributed by atoms with van der Waals surface area (Å²) in [5.41, 5.74) is 5.30. The first-order valence-electron chi connectivity index (χ1n) is 4.53. The Labute approximate surface area is 75.9 Å². The summed E-state index contributed by atoms with van der Waals surface area (Å²) in [7, 11) is 0. The SMILES string of the molecule is NCCC(O)c1nc(C2CC2)no1. The van der Waals surface area contributed by atoms with E-state index in [1.807, 2.05) is 0 Å². The third-order valence-electron chi connectivity index (χ3n) is 2.13. The summed E-state index contributed by atoms with van der Waals surface area (Å²) in [5, 5.41) is 13.3. The van der Waals surface area contributed by atoms with E-state index in [0.717, 1.165) is 18.7 Å². The van der Waals surface area contributed by atoms with E-state index in [4.69, 9.17) is 10.3 Å². The predicted molar refractivity (Wildman–Crippen MR) is 44.9 cm³/mol. The van der Waals surface area contributed by atoms with Gasteiger partial charge in [-0.05, 0) is 25.8 Å². The van der Waals surface area contributed by atoms with Crippen molar-refractivity contribution in [3.8, 4) is 0 Å². The van der Waals surface area contributed by atoms with Gasteiger partial charge in [0.15, 0.2) is 5.82 Å². The first-order valence-corrected chi connectivity index (χ1v) is 4.53. The molecule has 1 aliphatic carbocycles. The zero-order valence-corrected chi connectivity index (χ0v) is 7.31. The van der Waals surface area contributed by atoms with Crippen LogP contribution in [-0.2, 0) is 0 Å². The highest BCUT2D eigenvalue weighted by molar-refractivity contribution is 5.04. The minimum absolute atomic E-state index is 0.298. The molecule has 0 amide bonds. The van der Waals surface area contributed by atoms with Gasteiger partial charge in [-0.1, -0.05) is 5.16 Å². The second-order valence-electron chi connectivity index (χ2n) is 3.36. The smallest absolute Gasteiger partial charge is 0.255 e. The molecule has 1 aromatic rings. The van der Waals surface area contributed by atoms with Crippen LogP contribution in [0.4, 0.5) is 0 Å². The van der Waals surface area contributed by atoms with Crippen LogP contribution in [0.2, 0.25) is 0 Å². The highest BCUT2D eigenvalue weighted by atomic mass is 16.5. The highest BCUT2D eigenvalue weighted by Gasteiger charge is 2.29. The van der Waals surface area contributed by atoms with Gasteiger partial charge in [-0.2, -0.15) is 4.98 Å². The zero-order valence-electron chi connectivity index (χ0n) is 7.31. The van der Waals surface area contributed by atoms with Crippen molar-refractivity contribution in [1.82, 2.24) is 10.1 Å². The second kappa shape index (κ2) is 3.43. The van der Waals surface area contributed by atoms with Crippen molar-refractivity contribution in [2.24, 2.45) is 5.73 Å². The molecule has 0 bridgehead atoms. The van der Waals surface area contributed by atoms with E-state index in [9.17, 15) is 5.11 Å². The van der Waals surface area contributed by atoms with Gasteiger partial charge in [0.1, 0.15) is 6.10 Å². The molecule has 5 heteroatoms. The molecule has 1 unspecified atom stereocenters. The molecule has 0 radical (unpaired) electrons. The summed E-state index contributed by atoms with van der Waals surface area (Å²) < 4.78 is 4.91. The normalized spacial score (nSPS) is 18.9. The van der Waals surface area contributed by atoms with E-state index >= 15 is 0 Å². The number of aliphatic hydroxyl groups excluding tert-OH is 1. The van der Waals surface area contributed by atoms with E-state index < -0.39 is 6.10 Å². The fraction of sp³-hybridized carbons (Fsp3) is 0.750. The molecule has 0 aliphatic heterocycles. The van der Waals surface area contributed by atoms with Crippen molar-refractivity contribution in [3.63, 3.8) is 0 Å². The molecule has 0 aromatic carbocycles. The fourth-order valence-corrected chi connectivity index (χ4v) is 1.17. The molecule has 1 saturated carbocycles. The van der Waals surface area contributed by atoms with Crippen molar-refractivity contribution in [1.29, 1.82) is 0 Å². The number of aliphatic hydroxyl groups is 1. The van der Waals surface area contributed by atoms with Crippen molar-refractivity contribution in [2.75, 3.05) is 6.54 Å². The quantitative estimate of drug-likeness (QED) is 0.702. The Morgan fingerprint density at radius 3 is 3.00 bits per heavy atom. The monoisotopic (exact) mass is 183 g/mol. The lowest BCUT2D eigenvalue weighted by Crippen LogP contribution is -2.06. The summed E-state index contributed by atoms with van der Waals surface area (Å²) in [6.45, 7) is 0.419. The van der Waals surface area contributed by atoms with E-state index in [0.29, 0.717) is 24.8 Å². The summed E-state index contributed by atoms with van der Waals surface area (Å²) in [6, 6.07) is 0. The van der Waals surface area contributed by atoms with Gasteiger partial charge in [0, 0.05) is 5.92 Å². The molecule has 13 heavy (non-hydrogen) atoms. The van der Waals surface area contributed by atoms with E-state index in [2.05, 4.69) is 10.1 Å². The second-order valence-corrected chi connectivity index (χ2v) is 3.36. The third kappa shape index (κ3) is 1.87. The average molecular weight is 183 g/mol. The third-order valence-corrected chi connectivity index (χ3v) is 2.13. The highest BCUT2D eigenvalue weighted by Crippen LogP contribution is 2.38. The standard InChI is InChI=1S/C8H13N3O2/c9-4-3-6(12)8-10-7(11-13-8)5-1-2-5/h5-6,12H,1-4,9H2. The Hall–Kier alpha value is -0.940. The van der Waals surface area contributed by atoms with Crippen molar-refractivity contribution < 1.29 is 9.63 Å². The summed E-state index contributed by atoms with van der Waals surface area (Å²) in [4.78, 5) is 4.11. The number of aromatic nitrogens is 2. The lowest BCUT2D eigenvalue weighted by Gasteiger charge is -2.00. The Morgan fingerprint density at radius 2 is 2.38 bits per heavy atom. The largest absolute Gasteiger partial charge is 0.383 e. The van der Waals surface area contributed by atoms with Crippen LogP contribution in [0.5, 0.6) is 0 Å². The molecule has 0 saturated heterocycles. The maximum Gasteiger partial charge on any atom is 0.255 e. The van der Waals surface area contributed by atoms with Gasteiger partial charge in [0.2, 0.25) is 0 Å². The molecule has 1 heterocycles. The van der Waals surface area contributed by atoms with Gasteiger partial charge in [0.25, 0.3) is 5.89 Å². The molecule has 1 aromatic heterocycles. The topological polar surface area (TPSA) is 85.2 Å². The van der Waals surface area contributed by atoms with Crippen molar-refractivity contribution in [3.05, 3.63) is 11.7 Å². The molecule has 1 atom stereocenters. The molecule has 0 spiro atoms. The molecule has 72 valence electrons. The van der Waals surface area contributed by atoms with Crippen molar-refractivity contribution in [2.45, 2.75) is 31.3 Å². The zero-order chi connectivity index (χ0) is 9.26. The van der Waals surface area contributed by atoms with Gasteiger partial charge in [-0.3, -0.25) is 0 Å². The van der Waals surface area contributed by atoms with E-state index in [-0.39, 0.29) is 0 Å². The average Bonchev–Trinajstić information content (AvgIpc) is 2.84. The Balaban J connectivity index is 2.03. The summed E-state index contributed by atoms with van der Waals surface area (Å²) in [6.07, 6.45) is 2.02. The van der Waals surface area contributed by atoms with Crippen LogP contribution >= 0.6 is 0 Å². The number of hydrogen-bond acceptors (Lipinski definition) is 5. The Morgan fingerprint density at radius 1 is 1.62 bits per heavy atom. The van der Waals surface area contributed by atoms with Crippen LogP contribution in [0.1, 0.15) is 43.0 Å². The lowest BCUT2D eigenvalue weighted by molar-refractivity contribution is 0.127. The van der Waals surface area contributed by atoms with Crippen LogP contribution in [0, 0.1) is 0 Å². The van der Waals surface area contributed by atoms with Gasteiger partial charge in [-0.25, -0.2) is 0 Å². The lowest BCUT2D eigenvalue weighted by atomic mass is 10.2. The van der Waals surface area contributed by atoms with E-state index in [1.54, 1.807) is 0 Å². The number of hydrogen-bond donors (Lipinski definition) is 2. The number of nitrogens with zero attached hydrogens (tertiary/aromatic N) is 2. The molecule has 1 fully saturated rings. The fourth-order valence-electron chi connectivity index (χ4n) is 1.17. The number of nitrogens with two attached hydrogens (primary N) is 1. The van der Waals surface area contributed by atoms with Crippen molar-refractivity contribution >= 4 is 0 Å². The Kier molecular flexibility index (Phi) is 2.28. The van der Waals surface area contributed by atoms with Gasteiger partial charge in [-0.15, -0.1) is 0 Å². The van der Waals surface area contributed by atoms with Crippen LogP contribution in [0.3, 0.4) is 0 Å². The molecular formula is C8H13N3O2. The minimum atomic E-state index is -0.704. The predicted octanol–water partition coefficient (Wildman–Crippen LogP) is 0.329. The molecule has 3 N–H and O–H groups in total. The van der Waals surface area contributed by atoms with Gasteiger partial charge >= 0.3 is 0 Å². The summed E-state index contributed by atoms with van der Waals surface area (Å²) in [5.74, 6) is 1.49. The molecule has 2 rings (SSSR count).